The molecule has 1 aliphatic carbocycles. The zero-order chi connectivity index (χ0) is 14.3. The molecular weight excluding hydrogens is 322 g/mol. The predicted octanol–water partition coefficient (Wildman–Crippen LogP) is 2.31. The number of hydrogen-bond acceptors (Lipinski definition) is 4. The van der Waals surface area contributed by atoms with E-state index in [1.54, 1.807) is 18.2 Å². The molecule has 20 heavy (non-hydrogen) atoms. The number of rotatable bonds is 3. The summed E-state index contributed by atoms with van der Waals surface area (Å²) in [7, 11) is 0. The maximum absolute atomic E-state index is 12.2. The van der Waals surface area contributed by atoms with E-state index in [9.17, 15) is 9.90 Å². The van der Waals surface area contributed by atoms with Crippen molar-refractivity contribution in [3.63, 3.8) is 0 Å². The average molecular weight is 336 g/mol. The first-order valence-corrected chi connectivity index (χ1v) is 7.21. The van der Waals surface area contributed by atoms with Crippen LogP contribution in [0.1, 0.15) is 24.7 Å². The quantitative estimate of drug-likeness (QED) is 0.802. The monoisotopic (exact) mass is 335 g/mol. The Kier molecular flexibility index (Phi) is 3.35. The van der Waals surface area contributed by atoms with Crippen LogP contribution in [-0.2, 0) is 0 Å². The van der Waals surface area contributed by atoms with Crippen molar-refractivity contribution in [2.45, 2.75) is 18.9 Å². The van der Waals surface area contributed by atoms with Gasteiger partial charge in [-0.2, -0.15) is 4.98 Å². The lowest BCUT2D eigenvalue weighted by atomic mass is 10.1. The highest BCUT2D eigenvalue weighted by atomic mass is 79.9. The van der Waals surface area contributed by atoms with Gasteiger partial charge in [-0.05, 0) is 24.8 Å². The van der Waals surface area contributed by atoms with Gasteiger partial charge in [0.1, 0.15) is 11.4 Å². The summed E-state index contributed by atoms with van der Waals surface area (Å²) in [5, 5.41) is 10.1. The van der Waals surface area contributed by atoms with Gasteiger partial charge in [-0.25, -0.2) is 0 Å². The van der Waals surface area contributed by atoms with E-state index >= 15 is 0 Å². The molecule has 1 saturated carbocycles. The summed E-state index contributed by atoms with van der Waals surface area (Å²) in [5.74, 6) is 0.421. The molecule has 1 unspecified atom stereocenters. The van der Waals surface area contributed by atoms with Crippen molar-refractivity contribution in [3.8, 4) is 17.0 Å². The number of halogens is 1. The van der Waals surface area contributed by atoms with E-state index in [1.165, 1.54) is 0 Å². The normalized spacial score (nSPS) is 16.1. The van der Waals surface area contributed by atoms with E-state index in [4.69, 9.17) is 5.73 Å². The third-order valence-electron chi connectivity index (χ3n) is 3.51. The van der Waals surface area contributed by atoms with E-state index < -0.39 is 0 Å². The highest BCUT2D eigenvalue weighted by Gasteiger charge is 2.32. The van der Waals surface area contributed by atoms with Crippen molar-refractivity contribution < 1.29 is 5.11 Å². The van der Waals surface area contributed by atoms with Crippen LogP contribution in [0.15, 0.2) is 33.5 Å². The van der Waals surface area contributed by atoms with Crippen LogP contribution in [0.3, 0.4) is 0 Å². The molecule has 1 fully saturated rings. The first-order chi connectivity index (χ1) is 9.58. The van der Waals surface area contributed by atoms with Gasteiger partial charge in [-0.3, -0.25) is 4.79 Å². The first kappa shape index (κ1) is 13.3. The predicted molar refractivity (Wildman–Crippen MR) is 79.3 cm³/mol. The van der Waals surface area contributed by atoms with E-state index in [1.807, 2.05) is 6.07 Å². The number of hydrogen-bond donors (Lipinski definition) is 3. The highest BCUT2D eigenvalue weighted by Crippen LogP contribution is 2.39. The van der Waals surface area contributed by atoms with Crippen molar-refractivity contribution in [1.82, 2.24) is 9.97 Å². The molecule has 4 N–H and O–H groups in total. The summed E-state index contributed by atoms with van der Waals surface area (Å²) in [6, 6.07) is 6.86. The molecule has 3 rings (SSSR count). The van der Waals surface area contributed by atoms with Crippen molar-refractivity contribution in [2.75, 3.05) is 0 Å². The zero-order valence-corrected chi connectivity index (χ0v) is 12.2. The van der Waals surface area contributed by atoms with Crippen molar-refractivity contribution in [3.05, 3.63) is 44.9 Å². The number of aromatic amines is 1. The van der Waals surface area contributed by atoms with Crippen LogP contribution in [0, 0.1) is 5.92 Å². The fourth-order valence-corrected chi connectivity index (χ4v) is 2.70. The third kappa shape index (κ3) is 2.36. The van der Waals surface area contributed by atoms with Crippen LogP contribution in [-0.4, -0.2) is 15.1 Å². The van der Waals surface area contributed by atoms with Crippen LogP contribution in [0.25, 0.3) is 11.1 Å². The van der Waals surface area contributed by atoms with Crippen LogP contribution in [0.4, 0.5) is 0 Å². The third-order valence-corrected chi connectivity index (χ3v) is 4.20. The number of H-pyrrole nitrogens is 1. The smallest absolute Gasteiger partial charge is 0.262 e. The zero-order valence-electron chi connectivity index (χ0n) is 10.6. The van der Waals surface area contributed by atoms with E-state index in [0.717, 1.165) is 17.3 Å². The Hall–Kier alpha value is -1.66. The molecule has 0 radical (unpaired) electrons. The fraction of sp³-hybridized carbons (Fsp3) is 0.286. The Labute approximate surface area is 124 Å². The molecular formula is C14H14BrN3O2. The maximum Gasteiger partial charge on any atom is 0.262 e. The van der Waals surface area contributed by atoms with Gasteiger partial charge in [0.15, 0.2) is 0 Å². The first-order valence-electron chi connectivity index (χ1n) is 6.41. The second-order valence-corrected chi connectivity index (χ2v) is 5.85. The van der Waals surface area contributed by atoms with Gasteiger partial charge in [0.2, 0.25) is 5.88 Å². The van der Waals surface area contributed by atoms with Gasteiger partial charge in [0.25, 0.3) is 5.56 Å². The molecule has 1 aliphatic rings. The Morgan fingerprint density at radius 2 is 2.10 bits per heavy atom. The second kappa shape index (κ2) is 5.03. The minimum Gasteiger partial charge on any atom is -0.493 e. The van der Waals surface area contributed by atoms with Gasteiger partial charge >= 0.3 is 0 Å². The molecule has 6 heteroatoms. The molecule has 0 spiro atoms. The minimum absolute atomic E-state index is 0.157. The lowest BCUT2D eigenvalue weighted by Gasteiger charge is -2.12. The van der Waals surface area contributed by atoms with Crippen molar-refractivity contribution >= 4 is 15.9 Å². The number of aromatic nitrogens is 2. The van der Waals surface area contributed by atoms with Gasteiger partial charge in [-0.1, -0.05) is 34.1 Å². The Morgan fingerprint density at radius 3 is 2.70 bits per heavy atom. The summed E-state index contributed by atoms with van der Waals surface area (Å²) in [5.41, 5.74) is 6.38. The topological polar surface area (TPSA) is 92.0 Å². The summed E-state index contributed by atoms with van der Waals surface area (Å²) in [6.45, 7) is 0. The lowest BCUT2D eigenvalue weighted by molar-refractivity contribution is 0.443. The largest absolute Gasteiger partial charge is 0.493 e. The number of aromatic hydroxyl groups is 1. The number of nitrogens with one attached hydrogen (secondary N) is 1. The summed E-state index contributed by atoms with van der Waals surface area (Å²) in [6.07, 6.45) is 2.08. The van der Waals surface area contributed by atoms with Crippen LogP contribution < -0.4 is 11.3 Å². The molecule has 2 aromatic rings. The van der Waals surface area contributed by atoms with E-state index in [-0.39, 0.29) is 23.0 Å². The molecule has 5 nitrogen and oxygen atoms in total. The van der Waals surface area contributed by atoms with E-state index in [0.29, 0.717) is 17.3 Å². The van der Waals surface area contributed by atoms with Gasteiger partial charge < -0.3 is 15.8 Å². The maximum atomic E-state index is 12.2. The summed E-state index contributed by atoms with van der Waals surface area (Å²) >= 11 is 3.37. The molecule has 0 bridgehead atoms. The van der Waals surface area contributed by atoms with Gasteiger partial charge in [-0.15, -0.1) is 0 Å². The molecule has 1 aromatic heterocycles. The van der Waals surface area contributed by atoms with E-state index in [2.05, 4.69) is 25.9 Å². The van der Waals surface area contributed by atoms with Crippen molar-refractivity contribution in [1.29, 1.82) is 0 Å². The standard InChI is InChI=1S/C14H14BrN3O2/c15-9-4-2-1-3-8(9)10-13(19)17-12(18-14(10)20)11(16)7-5-6-7/h1-4,7,11H,5-6,16H2,(H2,17,18,19,20). The van der Waals surface area contributed by atoms with Crippen molar-refractivity contribution in [2.24, 2.45) is 11.7 Å². The average Bonchev–Trinajstić information content (AvgIpc) is 3.23. The molecule has 1 aromatic carbocycles. The molecule has 0 amide bonds. The van der Waals surface area contributed by atoms with Gasteiger partial charge in [0.05, 0.1) is 6.04 Å². The van der Waals surface area contributed by atoms with Crippen LogP contribution in [0.2, 0.25) is 0 Å². The van der Waals surface area contributed by atoms with Crippen LogP contribution in [0.5, 0.6) is 5.88 Å². The Balaban J connectivity index is 2.09. The number of nitrogens with two attached hydrogens (primary N) is 1. The SMILES string of the molecule is NC(c1nc(O)c(-c2ccccc2Br)c(=O)[nH]1)C1CC1. The molecule has 1 atom stereocenters. The second-order valence-electron chi connectivity index (χ2n) is 4.99. The lowest BCUT2D eigenvalue weighted by Crippen LogP contribution is -2.22. The number of nitrogens with zero attached hydrogens (tertiary/aromatic N) is 1. The molecule has 104 valence electrons. The fourth-order valence-electron chi connectivity index (χ4n) is 2.22. The Bertz CT molecular complexity index is 710. The summed E-state index contributed by atoms with van der Waals surface area (Å²) in [4.78, 5) is 19.0. The minimum atomic E-state index is -0.379. The number of benzene rings is 1. The Morgan fingerprint density at radius 1 is 1.40 bits per heavy atom. The summed E-state index contributed by atoms with van der Waals surface area (Å²) < 4.78 is 0.724. The molecule has 1 heterocycles. The molecule has 0 aliphatic heterocycles. The highest BCUT2D eigenvalue weighted by molar-refractivity contribution is 9.10. The van der Waals surface area contributed by atoms with Gasteiger partial charge in [0, 0.05) is 10.0 Å². The van der Waals surface area contributed by atoms with Crippen LogP contribution >= 0.6 is 15.9 Å². The molecule has 0 saturated heterocycles.